The molecule has 1 unspecified atom stereocenters. The SMILES string of the molecule is COc1ccc(C(CC(=O)NCCSc2ccc(C)cc2)NC(C)=O)cc1. The zero-order valence-electron chi connectivity index (χ0n) is 16.0. The Kier molecular flexibility index (Phi) is 8.20. The lowest BCUT2D eigenvalue weighted by Crippen LogP contribution is -2.33. The number of benzene rings is 2. The van der Waals surface area contributed by atoms with Crippen LogP contribution < -0.4 is 15.4 Å². The van der Waals surface area contributed by atoms with E-state index in [0.29, 0.717) is 6.54 Å². The molecule has 0 radical (unpaired) electrons. The summed E-state index contributed by atoms with van der Waals surface area (Å²) in [5.41, 5.74) is 2.10. The molecule has 5 nitrogen and oxygen atoms in total. The largest absolute Gasteiger partial charge is 0.497 e. The van der Waals surface area contributed by atoms with Crippen LogP contribution in [-0.4, -0.2) is 31.2 Å². The summed E-state index contributed by atoms with van der Waals surface area (Å²) in [5.74, 6) is 1.27. The lowest BCUT2D eigenvalue weighted by Gasteiger charge is -2.18. The molecule has 0 aliphatic rings. The van der Waals surface area contributed by atoms with Gasteiger partial charge in [0.15, 0.2) is 0 Å². The minimum Gasteiger partial charge on any atom is -0.497 e. The number of carbonyl (C=O) groups excluding carboxylic acids is 2. The maximum Gasteiger partial charge on any atom is 0.222 e. The van der Waals surface area contributed by atoms with Gasteiger partial charge in [-0.1, -0.05) is 29.8 Å². The van der Waals surface area contributed by atoms with Crippen LogP contribution in [0.1, 0.15) is 30.5 Å². The molecule has 144 valence electrons. The molecule has 0 saturated heterocycles. The van der Waals surface area contributed by atoms with Gasteiger partial charge in [-0.2, -0.15) is 0 Å². The third-order valence-electron chi connectivity index (χ3n) is 4.00. The lowest BCUT2D eigenvalue weighted by atomic mass is 10.0. The van der Waals surface area contributed by atoms with E-state index in [1.807, 2.05) is 24.3 Å². The van der Waals surface area contributed by atoms with E-state index in [-0.39, 0.29) is 24.3 Å². The van der Waals surface area contributed by atoms with Crippen LogP contribution in [0.25, 0.3) is 0 Å². The number of rotatable bonds is 9. The van der Waals surface area contributed by atoms with Crippen molar-refractivity contribution in [3.05, 3.63) is 59.7 Å². The van der Waals surface area contributed by atoms with Gasteiger partial charge in [-0.3, -0.25) is 9.59 Å². The molecule has 0 fully saturated rings. The topological polar surface area (TPSA) is 67.4 Å². The number of hydrogen-bond donors (Lipinski definition) is 2. The molecule has 2 rings (SSSR count). The Hall–Kier alpha value is -2.47. The van der Waals surface area contributed by atoms with Crippen LogP contribution in [0.3, 0.4) is 0 Å². The summed E-state index contributed by atoms with van der Waals surface area (Å²) in [6.07, 6.45) is 0.196. The van der Waals surface area contributed by atoms with Crippen LogP contribution in [0.15, 0.2) is 53.4 Å². The molecule has 2 aromatic rings. The molecule has 0 spiro atoms. The van der Waals surface area contributed by atoms with Gasteiger partial charge in [0.05, 0.1) is 19.6 Å². The second-order valence-electron chi connectivity index (χ2n) is 6.24. The number of nitrogens with one attached hydrogen (secondary N) is 2. The van der Waals surface area contributed by atoms with Crippen molar-refractivity contribution in [1.82, 2.24) is 10.6 Å². The molecule has 0 aliphatic carbocycles. The van der Waals surface area contributed by atoms with Gasteiger partial charge in [-0.25, -0.2) is 0 Å². The highest BCUT2D eigenvalue weighted by atomic mass is 32.2. The Morgan fingerprint density at radius 3 is 2.33 bits per heavy atom. The third kappa shape index (κ3) is 7.35. The zero-order chi connectivity index (χ0) is 19.6. The molecule has 0 aromatic heterocycles. The molecule has 2 amide bonds. The van der Waals surface area contributed by atoms with Gasteiger partial charge in [0.2, 0.25) is 11.8 Å². The van der Waals surface area contributed by atoms with Crippen molar-refractivity contribution in [2.45, 2.75) is 31.2 Å². The van der Waals surface area contributed by atoms with Crippen molar-refractivity contribution in [1.29, 1.82) is 0 Å². The highest BCUT2D eigenvalue weighted by molar-refractivity contribution is 7.99. The van der Waals surface area contributed by atoms with E-state index in [2.05, 4.69) is 41.8 Å². The minimum absolute atomic E-state index is 0.0888. The molecule has 6 heteroatoms. The molecule has 2 N–H and O–H groups in total. The molecule has 0 saturated carbocycles. The number of thioether (sulfide) groups is 1. The highest BCUT2D eigenvalue weighted by Gasteiger charge is 2.17. The van der Waals surface area contributed by atoms with Crippen molar-refractivity contribution >= 4 is 23.6 Å². The van der Waals surface area contributed by atoms with Crippen molar-refractivity contribution < 1.29 is 14.3 Å². The van der Waals surface area contributed by atoms with E-state index in [9.17, 15) is 9.59 Å². The molecule has 27 heavy (non-hydrogen) atoms. The summed E-state index contributed by atoms with van der Waals surface area (Å²) < 4.78 is 5.15. The van der Waals surface area contributed by atoms with E-state index in [4.69, 9.17) is 4.74 Å². The van der Waals surface area contributed by atoms with Crippen molar-refractivity contribution in [2.24, 2.45) is 0 Å². The van der Waals surface area contributed by atoms with E-state index in [1.165, 1.54) is 17.4 Å². The number of carbonyl (C=O) groups is 2. The first kappa shape index (κ1) is 20.8. The third-order valence-corrected chi connectivity index (χ3v) is 5.01. The maximum absolute atomic E-state index is 12.3. The standard InChI is InChI=1S/C21H26N2O3S/c1-15-4-10-19(11-5-15)27-13-12-22-21(25)14-20(23-16(2)24)17-6-8-18(26-3)9-7-17/h4-11,20H,12-14H2,1-3H3,(H,22,25)(H,23,24). The normalized spacial score (nSPS) is 11.5. The molecule has 2 aromatic carbocycles. The monoisotopic (exact) mass is 386 g/mol. The van der Waals surface area contributed by atoms with Crippen LogP contribution in [0.4, 0.5) is 0 Å². The predicted molar refractivity (Wildman–Crippen MR) is 109 cm³/mol. The molecular formula is C21H26N2O3S. The quantitative estimate of drug-likeness (QED) is 0.511. The summed E-state index contributed by atoms with van der Waals surface area (Å²) in [5, 5.41) is 5.76. The number of hydrogen-bond acceptors (Lipinski definition) is 4. The van der Waals surface area contributed by atoms with E-state index in [0.717, 1.165) is 17.1 Å². The first-order valence-corrected chi connectivity index (χ1v) is 9.83. The summed E-state index contributed by atoms with van der Waals surface area (Å²) in [7, 11) is 1.60. The number of aryl methyl sites for hydroxylation is 1. The summed E-state index contributed by atoms with van der Waals surface area (Å²) in [6.45, 7) is 4.09. The predicted octanol–water partition coefficient (Wildman–Crippen LogP) is 3.48. The second kappa shape index (κ2) is 10.6. The Morgan fingerprint density at radius 1 is 1.07 bits per heavy atom. The number of methoxy groups -OCH3 is 1. The molecule has 0 heterocycles. The van der Waals surface area contributed by atoms with Crippen molar-refractivity contribution in [3.8, 4) is 5.75 Å². The average molecular weight is 387 g/mol. The number of amides is 2. The van der Waals surface area contributed by atoms with Crippen LogP contribution in [0, 0.1) is 6.92 Å². The van der Waals surface area contributed by atoms with Crippen LogP contribution in [-0.2, 0) is 9.59 Å². The number of ether oxygens (including phenoxy) is 1. The lowest BCUT2D eigenvalue weighted by molar-refractivity contribution is -0.122. The van der Waals surface area contributed by atoms with Crippen LogP contribution in [0.2, 0.25) is 0 Å². The molecule has 0 aliphatic heterocycles. The van der Waals surface area contributed by atoms with Crippen molar-refractivity contribution in [3.63, 3.8) is 0 Å². The van der Waals surface area contributed by atoms with E-state index < -0.39 is 0 Å². The first-order valence-electron chi connectivity index (χ1n) is 8.85. The minimum atomic E-state index is -0.363. The Balaban J connectivity index is 1.83. The molecule has 1 atom stereocenters. The van der Waals surface area contributed by atoms with Gasteiger partial charge in [-0.05, 0) is 36.8 Å². The Morgan fingerprint density at radius 2 is 1.74 bits per heavy atom. The summed E-state index contributed by atoms with van der Waals surface area (Å²) >= 11 is 1.70. The Labute approximate surface area is 164 Å². The fourth-order valence-electron chi connectivity index (χ4n) is 2.59. The van der Waals surface area contributed by atoms with E-state index in [1.54, 1.807) is 18.9 Å². The summed E-state index contributed by atoms with van der Waals surface area (Å²) in [4.78, 5) is 25.0. The molecular weight excluding hydrogens is 360 g/mol. The fourth-order valence-corrected chi connectivity index (χ4v) is 3.35. The zero-order valence-corrected chi connectivity index (χ0v) is 16.8. The maximum atomic E-state index is 12.3. The van der Waals surface area contributed by atoms with Gasteiger partial charge in [0, 0.05) is 24.1 Å². The smallest absolute Gasteiger partial charge is 0.222 e. The average Bonchev–Trinajstić information content (AvgIpc) is 2.66. The van der Waals surface area contributed by atoms with Gasteiger partial charge < -0.3 is 15.4 Å². The highest BCUT2D eigenvalue weighted by Crippen LogP contribution is 2.21. The van der Waals surface area contributed by atoms with Crippen molar-refractivity contribution in [2.75, 3.05) is 19.4 Å². The Bertz CT molecular complexity index is 745. The fraction of sp³-hybridized carbons (Fsp3) is 0.333. The second-order valence-corrected chi connectivity index (χ2v) is 7.41. The van der Waals surface area contributed by atoms with Crippen LogP contribution >= 0.6 is 11.8 Å². The van der Waals surface area contributed by atoms with Gasteiger partial charge >= 0.3 is 0 Å². The van der Waals surface area contributed by atoms with E-state index >= 15 is 0 Å². The van der Waals surface area contributed by atoms with Crippen LogP contribution in [0.5, 0.6) is 5.75 Å². The molecule has 0 bridgehead atoms. The van der Waals surface area contributed by atoms with Gasteiger partial charge in [0.25, 0.3) is 0 Å². The van der Waals surface area contributed by atoms with Gasteiger partial charge in [-0.15, -0.1) is 11.8 Å². The van der Waals surface area contributed by atoms with Gasteiger partial charge in [0.1, 0.15) is 5.75 Å². The summed E-state index contributed by atoms with van der Waals surface area (Å²) in [6, 6.07) is 15.3. The first-order chi connectivity index (χ1) is 13.0.